The quantitative estimate of drug-likeness (QED) is 0.626. The molecule has 0 bridgehead atoms. The van der Waals surface area contributed by atoms with E-state index in [1.165, 1.54) is 6.08 Å². The highest BCUT2D eigenvalue weighted by molar-refractivity contribution is 5.82. The Hall–Kier alpha value is -3.08. The summed E-state index contributed by atoms with van der Waals surface area (Å²) in [5.41, 5.74) is 1.47. The van der Waals surface area contributed by atoms with Crippen molar-refractivity contribution in [3.8, 4) is 0 Å². The number of nitrogens with one attached hydrogen (secondary N) is 1. The summed E-state index contributed by atoms with van der Waals surface area (Å²) in [6, 6.07) is 17.2. The first-order valence-electron chi connectivity index (χ1n) is 7.50. The number of rotatable bonds is 7. The van der Waals surface area contributed by atoms with Gasteiger partial charge in [0.05, 0.1) is 0 Å². The number of benzene rings is 2. The topological polar surface area (TPSA) is 64.6 Å². The molecule has 1 atom stereocenters. The fourth-order valence-corrected chi connectivity index (χ4v) is 2.03. The third-order valence-electron chi connectivity index (χ3n) is 3.19. The predicted octanol–water partition coefficient (Wildman–Crippen LogP) is 3.38. The van der Waals surface area contributed by atoms with Crippen molar-refractivity contribution in [2.45, 2.75) is 12.6 Å². The van der Waals surface area contributed by atoms with E-state index in [1.54, 1.807) is 24.3 Å². The van der Waals surface area contributed by atoms with Crippen LogP contribution in [0.5, 0.6) is 0 Å². The van der Waals surface area contributed by atoms with Crippen LogP contribution in [0.2, 0.25) is 0 Å². The van der Waals surface area contributed by atoms with Gasteiger partial charge in [0.15, 0.2) is 6.04 Å². The minimum atomic E-state index is -0.936. The Labute approximate surface area is 140 Å². The standard InChI is InChI=1S/C19H19NO4/c1-2-13-23-18(21)17(16-11-7-4-8-12-16)20-19(22)24-14-15-9-5-3-6-10-15/h2-12,17H,1,13-14H2,(H,20,22)/t17-/m1/s1. The molecule has 0 heterocycles. The van der Waals surface area contributed by atoms with Crippen molar-refractivity contribution in [1.29, 1.82) is 0 Å². The molecule has 0 saturated carbocycles. The molecule has 1 amide bonds. The number of carbonyl (C=O) groups excluding carboxylic acids is 2. The second-order valence-corrected chi connectivity index (χ2v) is 4.97. The molecular weight excluding hydrogens is 306 g/mol. The van der Waals surface area contributed by atoms with Gasteiger partial charge in [-0.05, 0) is 11.1 Å². The van der Waals surface area contributed by atoms with Crippen LogP contribution in [0, 0.1) is 0 Å². The Morgan fingerprint density at radius 3 is 2.25 bits per heavy atom. The number of hydrogen-bond donors (Lipinski definition) is 1. The summed E-state index contributed by atoms with van der Waals surface area (Å²) in [5, 5.41) is 2.54. The number of carbonyl (C=O) groups is 2. The Morgan fingerprint density at radius 1 is 1.00 bits per heavy atom. The van der Waals surface area contributed by atoms with E-state index in [9.17, 15) is 9.59 Å². The van der Waals surface area contributed by atoms with E-state index in [4.69, 9.17) is 9.47 Å². The monoisotopic (exact) mass is 325 g/mol. The predicted molar refractivity (Wildman–Crippen MR) is 90.1 cm³/mol. The minimum absolute atomic E-state index is 0.0723. The van der Waals surface area contributed by atoms with Crippen molar-refractivity contribution < 1.29 is 19.1 Å². The number of hydrogen-bond acceptors (Lipinski definition) is 4. The summed E-state index contributed by atoms with van der Waals surface area (Å²) in [5.74, 6) is -0.572. The van der Waals surface area contributed by atoms with Crippen molar-refractivity contribution in [3.05, 3.63) is 84.4 Å². The van der Waals surface area contributed by atoms with Crippen LogP contribution in [0.4, 0.5) is 4.79 Å². The molecule has 5 nitrogen and oxygen atoms in total. The normalized spacial score (nSPS) is 11.2. The van der Waals surface area contributed by atoms with Crippen LogP contribution in [0.15, 0.2) is 73.3 Å². The Kier molecular flexibility index (Phi) is 6.58. The highest BCUT2D eigenvalue weighted by Crippen LogP contribution is 2.15. The maximum absolute atomic E-state index is 12.2. The maximum atomic E-state index is 12.2. The Bertz CT molecular complexity index is 670. The summed E-state index contributed by atoms with van der Waals surface area (Å²) in [4.78, 5) is 24.2. The van der Waals surface area contributed by atoms with Crippen molar-refractivity contribution in [3.63, 3.8) is 0 Å². The SMILES string of the molecule is C=CCOC(=O)[C@H](NC(=O)OCc1ccccc1)c1ccccc1. The zero-order valence-corrected chi connectivity index (χ0v) is 13.2. The van der Waals surface area contributed by atoms with Gasteiger partial charge in [-0.2, -0.15) is 0 Å². The lowest BCUT2D eigenvalue weighted by Gasteiger charge is -2.17. The molecule has 0 aliphatic rings. The van der Waals surface area contributed by atoms with Crippen LogP contribution in [-0.2, 0) is 20.9 Å². The summed E-state index contributed by atoms with van der Waals surface area (Å²) in [7, 11) is 0. The lowest BCUT2D eigenvalue weighted by Crippen LogP contribution is -2.35. The average molecular weight is 325 g/mol. The van der Waals surface area contributed by atoms with E-state index in [-0.39, 0.29) is 13.2 Å². The molecule has 0 fully saturated rings. The zero-order valence-electron chi connectivity index (χ0n) is 13.2. The summed E-state index contributed by atoms with van der Waals surface area (Å²) in [6.07, 6.45) is 0.775. The van der Waals surface area contributed by atoms with E-state index in [2.05, 4.69) is 11.9 Å². The minimum Gasteiger partial charge on any atom is -0.460 e. The molecule has 2 rings (SSSR count). The van der Waals surface area contributed by atoms with Gasteiger partial charge in [0.25, 0.3) is 0 Å². The molecule has 0 aliphatic carbocycles. The van der Waals surface area contributed by atoms with Crippen LogP contribution in [-0.4, -0.2) is 18.7 Å². The second-order valence-electron chi connectivity index (χ2n) is 4.97. The number of amides is 1. The Balaban J connectivity index is 2.00. The van der Waals surface area contributed by atoms with Crippen molar-refractivity contribution >= 4 is 12.1 Å². The third kappa shape index (κ3) is 5.28. The first kappa shape index (κ1) is 17.3. The fraction of sp³-hybridized carbons (Fsp3) is 0.158. The van der Waals surface area contributed by atoms with Gasteiger partial charge < -0.3 is 14.8 Å². The lowest BCUT2D eigenvalue weighted by atomic mass is 10.1. The maximum Gasteiger partial charge on any atom is 0.408 e. The van der Waals surface area contributed by atoms with Gasteiger partial charge in [-0.15, -0.1) is 0 Å². The van der Waals surface area contributed by atoms with Gasteiger partial charge in [-0.1, -0.05) is 73.3 Å². The van der Waals surface area contributed by atoms with Gasteiger partial charge in [0, 0.05) is 0 Å². The van der Waals surface area contributed by atoms with Crippen LogP contribution in [0.3, 0.4) is 0 Å². The molecule has 0 spiro atoms. The van der Waals surface area contributed by atoms with Crippen LogP contribution < -0.4 is 5.32 Å². The molecule has 5 heteroatoms. The highest BCUT2D eigenvalue weighted by atomic mass is 16.6. The van der Waals surface area contributed by atoms with Crippen LogP contribution in [0.25, 0.3) is 0 Å². The zero-order chi connectivity index (χ0) is 17.2. The van der Waals surface area contributed by atoms with Gasteiger partial charge >= 0.3 is 12.1 Å². The summed E-state index contributed by atoms with van der Waals surface area (Å²) < 4.78 is 10.2. The van der Waals surface area contributed by atoms with E-state index in [1.807, 2.05) is 36.4 Å². The number of ether oxygens (including phenoxy) is 2. The smallest absolute Gasteiger partial charge is 0.408 e. The number of alkyl carbamates (subject to hydrolysis) is 1. The summed E-state index contributed by atoms with van der Waals surface area (Å²) in [6.45, 7) is 3.69. The lowest BCUT2D eigenvalue weighted by molar-refractivity contribution is -0.145. The molecular formula is C19H19NO4. The molecule has 0 radical (unpaired) electrons. The molecule has 2 aromatic carbocycles. The Morgan fingerprint density at radius 2 is 1.62 bits per heavy atom. The van der Waals surface area contributed by atoms with Gasteiger partial charge in [-0.25, -0.2) is 9.59 Å². The van der Waals surface area contributed by atoms with Crippen molar-refractivity contribution in [2.24, 2.45) is 0 Å². The largest absolute Gasteiger partial charge is 0.460 e. The van der Waals surface area contributed by atoms with Crippen molar-refractivity contribution in [2.75, 3.05) is 6.61 Å². The van der Waals surface area contributed by atoms with E-state index >= 15 is 0 Å². The molecule has 0 aromatic heterocycles. The van der Waals surface area contributed by atoms with E-state index < -0.39 is 18.1 Å². The molecule has 2 aromatic rings. The van der Waals surface area contributed by atoms with Crippen LogP contribution in [0.1, 0.15) is 17.2 Å². The third-order valence-corrected chi connectivity index (χ3v) is 3.19. The molecule has 124 valence electrons. The van der Waals surface area contributed by atoms with Gasteiger partial charge in [0.1, 0.15) is 13.2 Å². The molecule has 0 aliphatic heterocycles. The average Bonchev–Trinajstić information content (AvgIpc) is 2.64. The molecule has 0 unspecified atom stereocenters. The second kappa shape index (κ2) is 9.15. The summed E-state index contributed by atoms with van der Waals surface area (Å²) >= 11 is 0. The highest BCUT2D eigenvalue weighted by Gasteiger charge is 2.24. The van der Waals surface area contributed by atoms with E-state index in [0.717, 1.165) is 5.56 Å². The van der Waals surface area contributed by atoms with Crippen LogP contribution >= 0.6 is 0 Å². The van der Waals surface area contributed by atoms with Gasteiger partial charge in [-0.3, -0.25) is 0 Å². The molecule has 0 saturated heterocycles. The molecule has 1 N–H and O–H groups in total. The first-order valence-corrected chi connectivity index (χ1v) is 7.50. The van der Waals surface area contributed by atoms with Gasteiger partial charge in [0.2, 0.25) is 0 Å². The first-order chi connectivity index (χ1) is 11.7. The fourth-order valence-electron chi connectivity index (χ4n) is 2.03. The van der Waals surface area contributed by atoms with Crippen molar-refractivity contribution in [1.82, 2.24) is 5.32 Å². The number of esters is 1. The van der Waals surface area contributed by atoms with E-state index in [0.29, 0.717) is 5.56 Å². The molecule has 24 heavy (non-hydrogen) atoms.